The van der Waals surface area contributed by atoms with Gasteiger partial charge in [-0.15, -0.1) is 24.0 Å². The Morgan fingerprint density at radius 2 is 1.83 bits per heavy atom. The van der Waals surface area contributed by atoms with Gasteiger partial charge in [0.1, 0.15) is 5.75 Å². The van der Waals surface area contributed by atoms with Crippen molar-refractivity contribution in [2.45, 2.75) is 12.8 Å². The number of anilines is 1. The van der Waals surface area contributed by atoms with Gasteiger partial charge in [-0.25, -0.2) is 12.7 Å². The van der Waals surface area contributed by atoms with Gasteiger partial charge in [-0.2, -0.15) is 0 Å². The predicted molar refractivity (Wildman–Crippen MR) is 133 cm³/mol. The van der Waals surface area contributed by atoms with Gasteiger partial charge in [0.25, 0.3) is 0 Å². The number of aliphatic imine (C=N–C) groups is 1. The molecule has 0 radical (unpaired) electrons. The Morgan fingerprint density at radius 1 is 1.17 bits per heavy atom. The van der Waals surface area contributed by atoms with Gasteiger partial charge in [-0.05, 0) is 30.9 Å². The third-order valence-electron chi connectivity index (χ3n) is 5.80. The number of ether oxygens (including phenoxy) is 1. The van der Waals surface area contributed by atoms with E-state index in [1.807, 2.05) is 19.2 Å². The van der Waals surface area contributed by atoms with Crippen molar-refractivity contribution in [3.63, 3.8) is 0 Å². The molecular formula is C20H34IN5O3S. The zero-order valence-electron chi connectivity index (χ0n) is 18.1. The summed E-state index contributed by atoms with van der Waals surface area (Å²) >= 11 is 0. The van der Waals surface area contributed by atoms with Crippen LogP contribution >= 0.6 is 24.0 Å². The number of nitrogens with zero attached hydrogens (tertiary/aromatic N) is 4. The van der Waals surface area contributed by atoms with E-state index in [2.05, 4.69) is 32.2 Å². The average molecular weight is 551 g/mol. The summed E-state index contributed by atoms with van der Waals surface area (Å²) in [6.07, 6.45) is 3.07. The number of methoxy groups -OCH3 is 1. The highest BCUT2D eigenvalue weighted by atomic mass is 127. The predicted octanol–water partition coefficient (Wildman–Crippen LogP) is 1.68. The van der Waals surface area contributed by atoms with Crippen molar-refractivity contribution >= 4 is 45.6 Å². The first-order valence-corrected chi connectivity index (χ1v) is 12.0. The zero-order valence-corrected chi connectivity index (χ0v) is 21.2. The van der Waals surface area contributed by atoms with Crippen LogP contribution in [0.5, 0.6) is 5.75 Å². The molecule has 2 fully saturated rings. The molecule has 0 unspecified atom stereocenters. The molecule has 1 N–H and O–H groups in total. The van der Waals surface area contributed by atoms with E-state index in [1.165, 1.54) is 11.9 Å². The number of hydrogen-bond acceptors (Lipinski definition) is 5. The van der Waals surface area contributed by atoms with Gasteiger partial charge in [0.05, 0.1) is 13.4 Å². The highest BCUT2D eigenvalue weighted by Gasteiger charge is 2.26. The summed E-state index contributed by atoms with van der Waals surface area (Å²) in [7, 11) is 0.448. The SMILES string of the molecule is CN=C(NCC1CCN(S(C)(=O)=O)CC1)N1CCN(c2cccc(OC)c2)CC1.I. The number of nitrogens with one attached hydrogen (secondary N) is 1. The molecule has 1 aromatic carbocycles. The van der Waals surface area contributed by atoms with Crippen LogP contribution in [0.1, 0.15) is 12.8 Å². The minimum Gasteiger partial charge on any atom is -0.497 e. The lowest BCUT2D eigenvalue weighted by Crippen LogP contribution is -2.53. The third-order valence-corrected chi connectivity index (χ3v) is 7.10. The lowest BCUT2D eigenvalue weighted by Gasteiger charge is -2.38. The molecule has 0 aromatic heterocycles. The second-order valence-corrected chi connectivity index (χ2v) is 9.69. The zero-order chi connectivity index (χ0) is 20.9. The van der Waals surface area contributed by atoms with E-state index in [4.69, 9.17) is 4.74 Å². The van der Waals surface area contributed by atoms with Gasteiger partial charge in [-0.1, -0.05) is 6.07 Å². The van der Waals surface area contributed by atoms with E-state index in [-0.39, 0.29) is 24.0 Å². The summed E-state index contributed by atoms with van der Waals surface area (Å²) in [6, 6.07) is 8.18. The maximum Gasteiger partial charge on any atom is 0.211 e. The average Bonchev–Trinajstić information content (AvgIpc) is 2.74. The van der Waals surface area contributed by atoms with Crippen molar-refractivity contribution in [2.24, 2.45) is 10.9 Å². The van der Waals surface area contributed by atoms with Crippen LogP contribution in [0.25, 0.3) is 0 Å². The molecule has 2 aliphatic rings. The van der Waals surface area contributed by atoms with Crippen LogP contribution < -0.4 is 15.0 Å². The summed E-state index contributed by atoms with van der Waals surface area (Å²) in [5.74, 6) is 2.29. The van der Waals surface area contributed by atoms with Crippen LogP contribution in [0, 0.1) is 5.92 Å². The van der Waals surface area contributed by atoms with Crippen LogP contribution in [0.4, 0.5) is 5.69 Å². The first-order chi connectivity index (χ1) is 13.9. The van der Waals surface area contributed by atoms with Gasteiger partial charge in [0.2, 0.25) is 10.0 Å². The van der Waals surface area contributed by atoms with Crippen molar-refractivity contribution in [3.05, 3.63) is 24.3 Å². The monoisotopic (exact) mass is 551 g/mol. The third kappa shape index (κ3) is 6.61. The molecule has 2 heterocycles. The Labute approximate surface area is 197 Å². The molecule has 10 heteroatoms. The van der Waals surface area contributed by atoms with Gasteiger partial charge in [-0.3, -0.25) is 4.99 Å². The molecule has 30 heavy (non-hydrogen) atoms. The summed E-state index contributed by atoms with van der Waals surface area (Å²) in [5.41, 5.74) is 1.18. The van der Waals surface area contributed by atoms with Crippen LogP contribution in [0.3, 0.4) is 0 Å². The van der Waals surface area contributed by atoms with Gasteiger partial charge < -0.3 is 19.9 Å². The molecule has 0 spiro atoms. The van der Waals surface area contributed by atoms with Crippen molar-refractivity contribution < 1.29 is 13.2 Å². The second-order valence-electron chi connectivity index (χ2n) is 7.71. The number of piperidine rings is 1. The van der Waals surface area contributed by atoms with E-state index in [9.17, 15) is 8.42 Å². The second kappa shape index (κ2) is 11.4. The van der Waals surface area contributed by atoms with Crippen molar-refractivity contribution in [3.8, 4) is 5.75 Å². The quantitative estimate of drug-likeness (QED) is 0.341. The Hall–Kier alpha value is -1.27. The molecule has 2 saturated heterocycles. The smallest absolute Gasteiger partial charge is 0.211 e. The molecule has 0 saturated carbocycles. The summed E-state index contributed by atoms with van der Waals surface area (Å²) in [4.78, 5) is 9.12. The Bertz CT molecular complexity index is 804. The maximum atomic E-state index is 11.7. The summed E-state index contributed by atoms with van der Waals surface area (Å²) in [5, 5.41) is 3.50. The molecule has 0 aliphatic carbocycles. The van der Waals surface area contributed by atoms with E-state index >= 15 is 0 Å². The number of guanidine groups is 1. The highest BCUT2D eigenvalue weighted by Crippen LogP contribution is 2.22. The molecule has 0 amide bonds. The van der Waals surface area contributed by atoms with Gasteiger partial charge in [0.15, 0.2) is 5.96 Å². The molecule has 170 valence electrons. The lowest BCUT2D eigenvalue weighted by molar-refractivity contribution is 0.271. The number of benzene rings is 1. The van der Waals surface area contributed by atoms with Crippen LogP contribution in [0.15, 0.2) is 29.3 Å². The van der Waals surface area contributed by atoms with E-state index in [0.29, 0.717) is 19.0 Å². The Morgan fingerprint density at radius 3 is 2.40 bits per heavy atom. The van der Waals surface area contributed by atoms with E-state index in [1.54, 1.807) is 11.4 Å². The van der Waals surface area contributed by atoms with Crippen molar-refractivity contribution in [1.82, 2.24) is 14.5 Å². The number of hydrogen-bond donors (Lipinski definition) is 1. The van der Waals surface area contributed by atoms with Crippen LogP contribution in [-0.4, -0.2) is 89.8 Å². The minimum atomic E-state index is -3.07. The fourth-order valence-electron chi connectivity index (χ4n) is 4.00. The highest BCUT2D eigenvalue weighted by molar-refractivity contribution is 14.0. The van der Waals surface area contributed by atoms with Crippen LogP contribution in [-0.2, 0) is 10.0 Å². The normalized spacial score (nSPS) is 19.4. The van der Waals surface area contributed by atoms with Crippen molar-refractivity contribution in [1.29, 1.82) is 0 Å². The lowest BCUT2D eigenvalue weighted by atomic mass is 9.98. The summed E-state index contributed by atoms with van der Waals surface area (Å²) < 4.78 is 30.2. The van der Waals surface area contributed by atoms with E-state index < -0.39 is 10.0 Å². The van der Waals surface area contributed by atoms with Gasteiger partial charge >= 0.3 is 0 Å². The Kier molecular flexibility index (Phi) is 9.48. The first-order valence-electron chi connectivity index (χ1n) is 10.2. The van der Waals surface area contributed by atoms with E-state index in [0.717, 1.165) is 57.3 Å². The molecule has 8 nitrogen and oxygen atoms in total. The minimum absolute atomic E-state index is 0. The van der Waals surface area contributed by atoms with Gasteiger partial charge in [0, 0.05) is 64.6 Å². The first kappa shape index (κ1) is 25.0. The number of halogens is 1. The molecule has 1 aromatic rings. The maximum absolute atomic E-state index is 11.7. The standard InChI is InChI=1S/C20H33N5O3S.HI/c1-21-20(22-16-17-7-9-25(10-8-17)29(3,26)27)24-13-11-23(12-14-24)18-5-4-6-19(15-18)28-2;/h4-6,15,17H,7-14,16H2,1-3H3,(H,21,22);1H. The number of piperazine rings is 1. The molecular weight excluding hydrogens is 517 g/mol. The molecule has 3 rings (SSSR count). The number of rotatable bonds is 5. The molecule has 0 bridgehead atoms. The number of sulfonamides is 1. The van der Waals surface area contributed by atoms with Crippen LogP contribution in [0.2, 0.25) is 0 Å². The fraction of sp³-hybridized carbons (Fsp3) is 0.650. The topological polar surface area (TPSA) is 77.5 Å². The summed E-state index contributed by atoms with van der Waals surface area (Å²) in [6.45, 7) is 5.74. The fourth-order valence-corrected chi connectivity index (χ4v) is 4.87. The molecule has 0 atom stereocenters. The largest absolute Gasteiger partial charge is 0.497 e. The molecule has 2 aliphatic heterocycles. The Balaban J connectivity index is 0.00000320. The van der Waals surface area contributed by atoms with Crippen molar-refractivity contribution in [2.75, 3.05) is 71.1 Å².